The second kappa shape index (κ2) is 14.9. The van der Waals surface area contributed by atoms with Gasteiger partial charge in [-0.1, -0.05) is 78.1 Å². The van der Waals surface area contributed by atoms with E-state index in [1.165, 1.54) is 57.8 Å². The molecule has 0 bridgehead atoms. The van der Waals surface area contributed by atoms with Gasteiger partial charge in [0.15, 0.2) is 0 Å². The number of ether oxygens (including phenoxy) is 1. The SMILES string of the molecule is CCCCCC(CCC)CCCCCCOC(=O)C1CCC(C(=O)O)CC1. The first-order chi connectivity index (χ1) is 13.1. The van der Waals surface area contributed by atoms with Gasteiger partial charge in [-0.05, 0) is 38.0 Å². The van der Waals surface area contributed by atoms with Crippen LogP contribution in [0, 0.1) is 17.8 Å². The monoisotopic (exact) mass is 382 g/mol. The zero-order valence-corrected chi connectivity index (χ0v) is 17.7. The van der Waals surface area contributed by atoms with Crippen molar-refractivity contribution in [1.82, 2.24) is 0 Å². The van der Waals surface area contributed by atoms with Crippen molar-refractivity contribution in [2.45, 2.75) is 110 Å². The van der Waals surface area contributed by atoms with Gasteiger partial charge in [-0.15, -0.1) is 0 Å². The lowest BCUT2D eigenvalue weighted by Crippen LogP contribution is -2.27. The molecule has 0 radical (unpaired) electrons. The molecule has 0 saturated heterocycles. The van der Waals surface area contributed by atoms with Gasteiger partial charge in [-0.2, -0.15) is 0 Å². The molecule has 1 atom stereocenters. The highest BCUT2D eigenvalue weighted by atomic mass is 16.5. The van der Waals surface area contributed by atoms with Gasteiger partial charge >= 0.3 is 11.9 Å². The smallest absolute Gasteiger partial charge is 0.308 e. The minimum absolute atomic E-state index is 0.0847. The van der Waals surface area contributed by atoms with Gasteiger partial charge in [0, 0.05) is 0 Å². The number of carbonyl (C=O) groups excluding carboxylic acids is 1. The Morgan fingerprint density at radius 2 is 1.41 bits per heavy atom. The van der Waals surface area contributed by atoms with Crippen LogP contribution in [0.4, 0.5) is 0 Å². The molecule has 1 aliphatic carbocycles. The van der Waals surface area contributed by atoms with Gasteiger partial charge < -0.3 is 9.84 Å². The summed E-state index contributed by atoms with van der Waals surface area (Å²) in [6, 6.07) is 0. The third-order valence-electron chi connectivity index (χ3n) is 6.07. The van der Waals surface area contributed by atoms with E-state index in [0.29, 0.717) is 32.3 Å². The molecule has 0 aliphatic heterocycles. The first-order valence-corrected chi connectivity index (χ1v) is 11.5. The van der Waals surface area contributed by atoms with Gasteiger partial charge in [0.25, 0.3) is 0 Å². The molecule has 0 aromatic rings. The van der Waals surface area contributed by atoms with Crippen molar-refractivity contribution >= 4 is 11.9 Å². The Kier molecular flexibility index (Phi) is 13.3. The summed E-state index contributed by atoms with van der Waals surface area (Å²) >= 11 is 0. The molecule has 1 fully saturated rings. The number of unbranched alkanes of at least 4 members (excludes halogenated alkanes) is 5. The van der Waals surface area contributed by atoms with Gasteiger partial charge in [-0.3, -0.25) is 9.59 Å². The highest BCUT2D eigenvalue weighted by Gasteiger charge is 2.30. The molecule has 0 aromatic carbocycles. The number of carboxylic acid groups (broad SMARTS) is 1. The van der Waals surface area contributed by atoms with Crippen LogP contribution >= 0.6 is 0 Å². The third kappa shape index (κ3) is 10.8. The summed E-state index contributed by atoms with van der Waals surface area (Å²) in [5, 5.41) is 9.01. The molecule has 0 amide bonds. The lowest BCUT2D eigenvalue weighted by molar-refractivity contribution is -0.152. The van der Waals surface area contributed by atoms with Crippen molar-refractivity contribution in [3.63, 3.8) is 0 Å². The zero-order valence-electron chi connectivity index (χ0n) is 17.7. The normalized spacial score (nSPS) is 21.0. The number of hydrogen-bond donors (Lipinski definition) is 1. The summed E-state index contributed by atoms with van der Waals surface area (Å²) in [6.45, 7) is 5.07. The fraction of sp³-hybridized carbons (Fsp3) is 0.913. The largest absolute Gasteiger partial charge is 0.481 e. The second-order valence-electron chi connectivity index (χ2n) is 8.41. The molecule has 0 heterocycles. The van der Waals surface area contributed by atoms with Crippen LogP contribution in [-0.2, 0) is 14.3 Å². The number of carboxylic acids is 1. The number of aliphatic carboxylic acids is 1. The second-order valence-corrected chi connectivity index (χ2v) is 8.41. The van der Waals surface area contributed by atoms with E-state index in [-0.39, 0.29) is 17.8 Å². The van der Waals surface area contributed by atoms with Gasteiger partial charge in [-0.25, -0.2) is 0 Å². The van der Waals surface area contributed by atoms with Gasteiger partial charge in [0.1, 0.15) is 0 Å². The van der Waals surface area contributed by atoms with E-state index >= 15 is 0 Å². The molecular formula is C23H42O4. The van der Waals surface area contributed by atoms with Crippen LogP contribution in [0.15, 0.2) is 0 Å². The average Bonchev–Trinajstić information content (AvgIpc) is 2.67. The molecule has 1 aliphatic rings. The first kappa shape index (κ1) is 24.0. The maximum atomic E-state index is 12.1. The molecule has 1 unspecified atom stereocenters. The molecule has 27 heavy (non-hydrogen) atoms. The van der Waals surface area contributed by atoms with E-state index < -0.39 is 5.97 Å². The molecule has 1 N–H and O–H groups in total. The maximum absolute atomic E-state index is 12.1. The Labute approximate surface area is 166 Å². The summed E-state index contributed by atoms with van der Waals surface area (Å²) in [4.78, 5) is 23.0. The van der Waals surface area contributed by atoms with E-state index in [0.717, 1.165) is 18.8 Å². The first-order valence-electron chi connectivity index (χ1n) is 11.5. The lowest BCUT2D eigenvalue weighted by Gasteiger charge is -2.24. The predicted molar refractivity (Wildman–Crippen MR) is 110 cm³/mol. The van der Waals surface area contributed by atoms with Crippen LogP contribution in [-0.4, -0.2) is 23.7 Å². The Bertz CT molecular complexity index is 399. The Morgan fingerprint density at radius 1 is 0.815 bits per heavy atom. The zero-order chi connectivity index (χ0) is 19.9. The van der Waals surface area contributed by atoms with Crippen LogP contribution in [0.1, 0.15) is 110 Å². The van der Waals surface area contributed by atoms with Crippen LogP contribution in [0.5, 0.6) is 0 Å². The third-order valence-corrected chi connectivity index (χ3v) is 6.07. The van der Waals surface area contributed by atoms with Crippen molar-refractivity contribution in [1.29, 1.82) is 0 Å². The Hall–Kier alpha value is -1.06. The highest BCUT2D eigenvalue weighted by molar-refractivity contribution is 5.74. The lowest BCUT2D eigenvalue weighted by atomic mass is 9.82. The van der Waals surface area contributed by atoms with Crippen molar-refractivity contribution < 1.29 is 19.4 Å². The van der Waals surface area contributed by atoms with Crippen molar-refractivity contribution in [3.05, 3.63) is 0 Å². The minimum Gasteiger partial charge on any atom is -0.481 e. The molecule has 1 saturated carbocycles. The minimum atomic E-state index is -0.728. The maximum Gasteiger partial charge on any atom is 0.308 e. The molecule has 0 spiro atoms. The summed E-state index contributed by atoms with van der Waals surface area (Å²) in [6.07, 6.45) is 16.6. The topological polar surface area (TPSA) is 63.6 Å². The molecule has 4 nitrogen and oxygen atoms in total. The van der Waals surface area contributed by atoms with Crippen LogP contribution in [0.25, 0.3) is 0 Å². The summed E-state index contributed by atoms with van der Waals surface area (Å²) < 4.78 is 5.42. The Morgan fingerprint density at radius 3 is 2.00 bits per heavy atom. The predicted octanol–water partition coefficient (Wildman–Crippen LogP) is 6.37. The molecule has 158 valence electrons. The molecule has 0 aromatic heterocycles. The molecule has 1 rings (SSSR count). The van der Waals surface area contributed by atoms with Crippen molar-refractivity contribution in [2.24, 2.45) is 17.8 Å². The standard InChI is InChI=1S/C23H42O4/c1-3-5-8-12-19(11-4-2)13-9-6-7-10-18-27-23(26)21-16-14-20(15-17-21)22(24)25/h19-21H,3-18H2,1-2H3,(H,24,25). The van der Waals surface area contributed by atoms with Crippen molar-refractivity contribution in [2.75, 3.05) is 6.61 Å². The highest BCUT2D eigenvalue weighted by Crippen LogP contribution is 2.29. The fourth-order valence-electron chi connectivity index (χ4n) is 4.28. The van der Waals surface area contributed by atoms with E-state index in [4.69, 9.17) is 9.84 Å². The number of esters is 1. The van der Waals surface area contributed by atoms with E-state index in [2.05, 4.69) is 13.8 Å². The number of rotatable bonds is 15. The van der Waals surface area contributed by atoms with Crippen molar-refractivity contribution in [3.8, 4) is 0 Å². The number of hydrogen-bond acceptors (Lipinski definition) is 3. The fourth-order valence-corrected chi connectivity index (χ4v) is 4.28. The summed E-state index contributed by atoms with van der Waals surface area (Å²) in [5.74, 6) is -0.294. The molecule has 4 heteroatoms. The van der Waals surface area contributed by atoms with E-state index in [1.54, 1.807) is 0 Å². The molecular weight excluding hydrogens is 340 g/mol. The van der Waals surface area contributed by atoms with Crippen LogP contribution < -0.4 is 0 Å². The van der Waals surface area contributed by atoms with Crippen LogP contribution in [0.2, 0.25) is 0 Å². The average molecular weight is 383 g/mol. The van der Waals surface area contributed by atoms with Crippen LogP contribution in [0.3, 0.4) is 0 Å². The van der Waals surface area contributed by atoms with E-state index in [9.17, 15) is 9.59 Å². The quantitative estimate of drug-likeness (QED) is 0.264. The summed E-state index contributed by atoms with van der Waals surface area (Å²) in [5.41, 5.74) is 0. The Balaban J connectivity index is 2.03. The number of carbonyl (C=O) groups is 2. The van der Waals surface area contributed by atoms with Gasteiger partial charge in [0.2, 0.25) is 0 Å². The van der Waals surface area contributed by atoms with E-state index in [1.807, 2.05) is 0 Å². The summed E-state index contributed by atoms with van der Waals surface area (Å²) in [7, 11) is 0. The van der Waals surface area contributed by atoms with Gasteiger partial charge in [0.05, 0.1) is 18.4 Å².